The van der Waals surface area contributed by atoms with Gasteiger partial charge in [-0.2, -0.15) is 0 Å². The maximum atomic E-state index is 12.2. The summed E-state index contributed by atoms with van der Waals surface area (Å²) in [7, 11) is 1.54. The van der Waals surface area contributed by atoms with E-state index in [1.54, 1.807) is 43.5 Å². The average molecular weight is 382 g/mol. The lowest BCUT2D eigenvalue weighted by Gasteiger charge is -2.05. The molecule has 114 valence electrons. The fourth-order valence-corrected chi connectivity index (χ4v) is 2.81. The van der Waals surface area contributed by atoms with Gasteiger partial charge in [0.05, 0.1) is 22.2 Å². The molecule has 2 rings (SSSR count). The molecule has 3 nitrogen and oxygen atoms in total. The Labute approximate surface area is 142 Å². The molecule has 22 heavy (non-hydrogen) atoms. The van der Waals surface area contributed by atoms with Crippen molar-refractivity contribution in [2.75, 3.05) is 7.11 Å². The van der Waals surface area contributed by atoms with Crippen LogP contribution >= 0.6 is 27.5 Å². The second-order valence-electron chi connectivity index (χ2n) is 4.73. The number of phenols is 1. The predicted molar refractivity (Wildman–Crippen MR) is 91.9 cm³/mol. The number of carbonyl (C=O) groups is 1. The third kappa shape index (κ3) is 3.70. The summed E-state index contributed by atoms with van der Waals surface area (Å²) in [4.78, 5) is 12.2. The Morgan fingerprint density at radius 3 is 2.68 bits per heavy atom. The number of methoxy groups -OCH3 is 1. The van der Waals surface area contributed by atoms with Crippen LogP contribution in [0.2, 0.25) is 5.02 Å². The average Bonchev–Trinajstić information content (AvgIpc) is 2.48. The molecule has 0 aliphatic heterocycles. The van der Waals surface area contributed by atoms with Crippen molar-refractivity contribution in [1.29, 1.82) is 0 Å². The molecule has 2 aromatic carbocycles. The summed E-state index contributed by atoms with van der Waals surface area (Å²) in [6.07, 6.45) is 3.04. The Balaban J connectivity index is 2.27. The van der Waals surface area contributed by atoms with Crippen LogP contribution in [0.25, 0.3) is 6.08 Å². The van der Waals surface area contributed by atoms with Gasteiger partial charge in [0, 0.05) is 0 Å². The number of carbonyl (C=O) groups excluding carboxylic acids is 1. The fraction of sp³-hybridized carbons (Fsp3) is 0.118. The van der Waals surface area contributed by atoms with Crippen molar-refractivity contribution < 1.29 is 14.6 Å². The summed E-state index contributed by atoms with van der Waals surface area (Å²) < 4.78 is 5.57. The van der Waals surface area contributed by atoms with Crippen LogP contribution < -0.4 is 4.74 Å². The number of ketones is 1. The van der Waals surface area contributed by atoms with Crippen molar-refractivity contribution in [3.63, 3.8) is 0 Å². The van der Waals surface area contributed by atoms with E-state index in [-0.39, 0.29) is 17.1 Å². The standard InChI is InChI=1S/C17H14BrClO3/c1-10-7-12(17(21)13(18)8-10)15(20)5-3-11-4-6-16(22-2)14(19)9-11/h3-9,21H,1-2H3. The number of aromatic hydroxyl groups is 1. The smallest absolute Gasteiger partial charge is 0.189 e. The number of ether oxygens (including phenoxy) is 1. The van der Waals surface area contributed by atoms with Gasteiger partial charge in [-0.1, -0.05) is 23.7 Å². The molecule has 0 saturated carbocycles. The minimum Gasteiger partial charge on any atom is -0.506 e. The fourth-order valence-electron chi connectivity index (χ4n) is 1.97. The highest BCUT2D eigenvalue weighted by Gasteiger charge is 2.12. The van der Waals surface area contributed by atoms with E-state index < -0.39 is 0 Å². The van der Waals surface area contributed by atoms with Crippen molar-refractivity contribution in [2.45, 2.75) is 6.92 Å². The van der Waals surface area contributed by atoms with E-state index in [9.17, 15) is 9.90 Å². The Morgan fingerprint density at radius 1 is 1.32 bits per heavy atom. The van der Waals surface area contributed by atoms with Gasteiger partial charge in [-0.25, -0.2) is 0 Å². The first-order chi connectivity index (χ1) is 10.4. The Morgan fingerprint density at radius 2 is 2.05 bits per heavy atom. The van der Waals surface area contributed by atoms with Crippen LogP contribution in [0.15, 0.2) is 40.9 Å². The van der Waals surface area contributed by atoms with E-state index in [0.29, 0.717) is 15.2 Å². The Kier molecular flexibility index (Phi) is 5.27. The highest BCUT2D eigenvalue weighted by Crippen LogP contribution is 2.30. The van der Waals surface area contributed by atoms with E-state index in [2.05, 4.69) is 15.9 Å². The number of aryl methyl sites for hydroxylation is 1. The SMILES string of the molecule is COc1ccc(C=CC(=O)c2cc(C)cc(Br)c2O)cc1Cl. The summed E-state index contributed by atoms with van der Waals surface area (Å²) in [5.74, 6) is 0.229. The predicted octanol–water partition coefficient (Wildman–Crippen LogP) is 5.02. The molecule has 0 fully saturated rings. The van der Waals surface area contributed by atoms with Gasteiger partial charge < -0.3 is 9.84 Å². The third-order valence-corrected chi connectivity index (χ3v) is 3.98. The highest BCUT2D eigenvalue weighted by molar-refractivity contribution is 9.10. The van der Waals surface area contributed by atoms with Crippen molar-refractivity contribution in [3.8, 4) is 11.5 Å². The minimum atomic E-state index is -0.283. The quantitative estimate of drug-likeness (QED) is 0.597. The molecule has 0 radical (unpaired) electrons. The number of phenolic OH excluding ortho intramolecular Hbond substituents is 1. The number of benzene rings is 2. The number of rotatable bonds is 4. The molecule has 0 heterocycles. The summed E-state index contributed by atoms with van der Waals surface area (Å²) in [6, 6.07) is 8.62. The van der Waals surface area contributed by atoms with E-state index in [1.807, 2.05) is 6.92 Å². The van der Waals surface area contributed by atoms with E-state index in [4.69, 9.17) is 16.3 Å². The van der Waals surface area contributed by atoms with Crippen LogP contribution in [0.3, 0.4) is 0 Å². The normalized spacial score (nSPS) is 10.9. The lowest BCUT2D eigenvalue weighted by atomic mass is 10.1. The van der Waals surface area contributed by atoms with Crippen molar-refractivity contribution in [3.05, 3.63) is 62.6 Å². The summed E-state index contributed by atoms with van der Waals surface area (Å²) in [5.41, 5.74) is 1.90. The zero-order valence-electron chi connectivity index (χ0n) is 12.1. The molecule has 0 atom stereocenters. The number of allylic oxidation sites excluding steroid dienone is 1. The van der Waals surface area contributed by atoms with Gasteiger partial charge in [0.25, 0.3) is 0 Å². The molecule has 0 aliphatic rings. The zero-order chi connectivity index (χ0) is 16.3. The first-order valence-corrected chi connectivity index (χ1v) is 7.64. The van der Waals surface area contributed by atoms with Crippen molar-refractivity contribution >= 4 is 39.4 Å². The van der Waals surface area contributed by atoms with Crippen molar-refractivity contribution in [1.82, 2.24) is 0 Å². The van der Waals surface area contributed by atoms with Gasteiger partial charge in [0.2, 0.25) is 0 Å². The molecule has 5 heteroatoms. The Hall–Kier alpha value is -1.78. The molecule has 0 aromatic heterocycles. The lowest BCUT2D eigenvalue weighted by molar-refractivity contribution is 0.104. The van der Waals surface area contributed by atoms with Crippen LogP contribution in [-0.2, 0) is 0 Å². The van der Waals surface area contributed by atoms with Crippen LogP contribution in [0, 0.1) is 6.92 Å². The van der Waals surface area contributed by atoms with Crippen molar-refractivity contribution in [2.24, 2.45) is 0 Å². The first kappa shape index (κ1) is 16.6. The number of hydrogen-bond donors (Lipinski definition) is 1. The van der Waals surface area contributed by atoms with Crippen LogP contribution in [0.4, 0.5) is 0 Å². The molecule has 0 amide bonds. The summed E-state index contributed by atoms with van der Waals surface area (Å²) in [6.45, 7) is 1.86. The van der Waals surface area contributed by atoms with E-state index >= 15 is 0 Å². The van der Waals surface area contributed by atoms with Crippen LogP contribution in [-0.4, -0.2) is 18.0 Å². The van der Waals surface area contributed by atoms with Crippen LogP contribution in [0.5, 0.6) is 11.5 Å². The van der Waals surface area contributed by atoms with Gasteiger partial charge >= 0.3 is 0 Å². The molecule has 0 unspecified atom stereocenters. The van der Waals surface area contributed by atoms with Gasteiger partial charge in [0.1, 0.15) is 11.5 Å². The molecule has 1 N–H and O–H groups in total. The molecule has 2 aromatic rings. The van der Waals surface area contributed by atoms with Crippen LogP contribution in [0.1, 0.15) is 21.5 Å². The van der Waals surface area contributed by atoms with Gasteiger partial charge in [-0.05, 0) is 64.3 Å². The largest absolute Gasteiger partial charge is 0.506 e. The zero-order valence-corrected chi connectivity index (χ0v) is 14.4. The minimum absolute atomic E-state index is 0.0620. The molecular weight excluding hydrogens is 368 g/mol. The van der Waals surface area contributed by atoms with E-state index in [0.717, 1.165) is 11.1 Å². The van der Waals surface area contributed by atoms with Gasteiger partial charge in [-0.15, -0.1) is 0 Å². The monoisotopic (exact) mass is 380 g/mol. The van der Waals surface area contributed by atoms with Gasteiger partial charge in [-0.3, -0.25) is 4.79 Å². The van der Waals surface area contributed by atoms with E-state index in [1.165, 1.54) is 6.08 Å². The van der Waals surface area contributed by atoms with Gasteiger partial charge in [0.15, 0.2) is 5.78 Å². The Bertz CT molecular complexity index is 754. The second-order valence-corrected chi connectivity index (χ2v) is 6.00. The lowest BCUT2D eigenvalue weighted by Crippen LogP contribution is -1.96. The molecule has 0 spiro atoms. The third-order valence-electron chi connectivity index (χ3n) is 3.08. The summed E-state index contributed by atoms with van der Waals surface area (Å²) >= 11 is 9.27. The number of hydrogen-bond acceptors (Lipinski definition) is 3. The summed E-state index contributed by atoms with van der Waals surface area (Å²) in [5, 5.41) is 10.4. The molecule has 0 saturated heterocycles. The second kappa shape index (κ2) is 6.99. The number of halogens is 2. The molecule has 0 bridgehead atoms. The topological polar surface area (TPSA) is 46.5 Å². The maximum Gasteiger partial charge on any atom is 0.189 e. The first-order valence-electron chi connectivity index (χ1n) is 6.47. The highest BCUT2D eigenvalue weighted by atomic mass is 79.9. The molecular formula is C17H14BrClO3. The molecule has 0 aliphatic carbocycles. The maximum absolute atomic E-state index is 12.2.